The van der Waals surface area contributed by atoms with Crippen LogP contribution in [0.5, 0.6) is 0 Å². The van der Waals surface area contributed by atoms with Crippen molar-refractivity contribution in [2.75, 3.05) is 0 Å². The van der Waals surface area contributed by atoms with Crippen LogP contribution in [0, 0.1) is 20.8 Å². The highest BCUT2D eigenvalue weighted by Gasteiger charge is 2.08. The lowest BCUT2D eigenvalue weighted by Crippen LogP contribution is -2.01. The third-order valence-corrected chi connectivity index (χ3v) is 4.59. The van der Waals surface area contributed by atoms with E-state index in [9.17, 15) is 0 Å². The number of aryl methyl sites for hydroxylation is 3. The van der Waals surface area contributed by atoms with Gasteiger partial charge in [0.25, 0.3) is 0 Å². The fourth-order valence-electron chi connectivity index (χ4n) is 3.30. The fraction of sp³-hybridized carbons (Fsp3) is 0.167. The summed E-state index contributed by atoms with van der Waals surface area (Å²) in [7, 11) is 0. The van der Waals surface area contributed by atoms with E-state index in [4.69, 9.17) is 4.98 Å². The highest BCUT2D eigenvalue weighted by molar-refractivity contribution is 5.63. The van der Waals surface area contributed by atoms with Crippen molar-refractivity contribution in [1.29, 1.82) is 0 Å². The second kappa shape index (κ2) is 7.69. The molecule has 0 radical (unpaired) electrons. The molecule has 3 aromatic heterocycles. The summed E-state index contributed by atoms with van der Waals surface area (Å²) in [5.74, 6) is 0.764. The summed E-state index contributed by atoms with van der Waals surface area (Å²) in [6, 6.07) is 18.6. The van der Waals surface area contributed by atoms with Gasteiger partial charge in [-0.1, -0.05) is 23.8 Å². The number of benzene rings is 1. The van der Waals surface area contributed by atoms with Crippen molar-refractivity contribution in [2.24, 2.45) is 0 Å². The maximum Gasteiger partial charge on any atom is 0.159 e. The standard InChI is InChI=1S/C24H22N4/c1-16-5-4-6-21(11-16)24-27-18(3)13-23(28-24)15-22-14-20(8-10-26-22)19-7-9-25-17(2)12-19/h4-14H,15H2,1-3H3. The summed E-state index contributed by atoms with van der Waals surface area (Å²) in [5.41, 5.74) is 8.45. The van der Waals surface area contributed by atoms with E-state index in [1.807, 2.05) is 50.5 Å². The van der Waals surface area contributed by atoms with Crippen LogP contribution < -0.4 is 0 Å². The molecule has 0 saturated heterocycles. The van der Waals surface area contributed by atoms with Crippen LogP contribution in [0.4, 0.5) is 0 Å². The fourth-order valence-corrected chi connectivity index (χ4v) is 3.30. The van der Waals surface area contributed by atoms with Crippen molar-refractivity contribution in [3.05, 3.63) is 95.3 Å². The van der Waals surface area contributed by atoms with Gasteiger partial charge in [0, 0.05) is 41.5 Å². The number of hydrogen-bond donors (Lipinski definition) is 0. The molecule has 1 aromatic carbocycles. The molecule has 4 nitrogen and oxygen atoms in total. The van der Waals surface area contributed by atoms with Gasteiger partial charge in [0.2, 0.25) is 0 Å². The zero-order valence-electron chi connectivity index (χ0n) is 16.3. The van der Waals surface area contributed by atoms with E-state index in [0.29, 0.717) is 6.42 Å². The Morgan fingerprint density at radius 1 is 0.643 bits per heavy atom. The Hall–Kier alpha value is -3.40. The Labute approximate surface area is 165 Å². The first kappa shape index (κ1) is 18.0. The maximum absolute atomic E-state index is 4.80. The lowest BCUT2D eigenvalue weighted by Gasteiger charge is -2.08. The minimum Gasteiger partial charge on any atom is -0.262 e. The van der Waals surface area contributed by atoms with Crippen LogP contribution in [0.3, 0.4) is 0 Å². The van der Waals surface area contributed by atoms with Crippen molar-refractivity contribution in [3.63, 3.8) is 0 Å². The van der Waals surface area contributed by atoms with Gasteiger partial charge in [-0.15, -0.1) is 0 Å². The molecule has 0 unspecified atom stereocenters. The summed E-state index contributed by atoms with van der Waals surface area (Å²) in [4.78, 5) is 18.2. The largest absolute Gasteiger partial charge is 0.262 e. The Bertz CT molecular complexity index is 1130. The summed E-state index contributed by atoms with van der Waals surface area (Å²) in [6.45, 7) is 6.09. The first-order valence-corrected chi connectivity index (χ1v) is 9.36. The van der Waals surface area contributed by atoms with Gasteiger partial charge in [-0.2, -0.15) is 0 Å². The monoisotopic (exact) mass is 366 g/mol. The van der Waals surface area contributed by atoms with E-state index in [2.05, 4.69) is 52.2 Å². The van der Waals surface area contributed by atoms with E-state index in [1.165, 1.54) is 5.56 Å². The molecule has 0 N–H and O–H groups in total. The van der Waals surface area contributed by atoms with Crippen molar-refractivity contribution in [3.8, 4) is 22.5 Å². The number of rotatable bonds is 4. The Morgan fingerprint density at radius 3 is 2.21 bits per heavy atom. The van der Waals surface area contributed by atoms with Crippen LogP contribution >= 0.6 is 0 Å². The molecule has 4 rings (SSSR count). The van der Waals surface area contributed by atoms with Gasteiger partial charge in [-0.25, -0.2) is 9.97 Å². The first-order chi connectivity index (χ1) is 13.6. The van der Waals surface area contributed by atoms with Gasteiger partial charge in [-0.3, -0.25) is 9.97 Å². The molecule has 0 saturated carbocycles. The second-order valence-electron chi connectivity index (χ2n) is 7.09. The SMILES string of the molecule is Cc1cccc(-c2nc(C)cc(Cc3cc(-c4ccnc(C)c4)ccn3)n2)c1. The smallest absolute Gasteiger partial charge is 0.159 e. The van der Waals surface area contributed by atoms with E-state index < -0.39 is 0 Å². The molecule has 0 spiro atoms. The molecule has 0 bridgehead atoms. The Morgan fingerprint density at radius 2 is 1.43 bits per heavy atom. The summed E-state index contributed by atoms with van der Waals surface area (Å²) < 4.78 is 0. The van der Waals surface area contributed by atoms with Crippen molar-refractivity contribution in [1.82, 2.24) is 19.9 Å². The molecule has 138 valence electrons. The van der Waals surface area contributed by atoms with Gasteiger partial charge in [0.15, 0.2) is 5.82 Å². The molecular weight excluding hydrogens is 344 g/mol. The third kappa shape index (κ3) is 4.12. The normalized spacial score (nSPS) is 10.8. The molecule has 4 heteroatoms. The molecule has 0 aliphatic rings. The molecular formula is C24H22N4. The Kier molecular flexibility index (Phi) is 4.94. The average Bonchev–Trinajstić information content (AvgIpc) is 2.68. The molecule has 4 aromatic rings. The molecule has 0 atom stereocenters. The van der Waals surface area contributed by atoms with E-state index in [0.717, 1.165) is 45.3 Å². The molecule has 0 fully saturated rings. The lowest BCUT2D eigenvalue weighted by atomic mass is 10.0. The minimum atomic E-state index is 0.667. The zero-order chi connectivity index (χ0) is 19.5. The number of pyridine rings is 2. The Balaban J connectivity index is 1.65. The second-order valence-corrected chi connectivity index (χ2v) is 7.09. The van der Waals surface area contributed by atoms with Crippen LogP contribution in [0.15, 0.2) is 67.0 Å². The minimum absolute atomic E-state index is 0.667. The number of hydrogen-bond acceptors (Lipinski definition) is 4. The van der Waals surface area contributed by atoms with Crippen LogP contribution in [-0.2, 0) is 6.42 Å². The summed E-state index contributed by atoms with van der Waals surface area (Å²) in [5, 5.41) is 0. The highest BCUT2D eigenvalue weighted by Crippen LogP contribution is 2.22. The summed E-state index contributed by atoms with van der Waals surface area (Å²) >= 11 is 0. The van der Waals surface area contributed by atoms with Crippen LogP contribution in [-0.4, -0.2) is 19.9 Å². The van der Waals surface area contributed by atoms with Crippen molar-refractivity contribution in [2.45, 2.75) is 27.2 Å². The van der Waals surface area contributed by atoms with Crippen LogP contribution in [0.2, 0.25) is 0 Å². The number of nitrogens with zero attached hydrogens (tertiary/aromatic N) is 4. The van der Waals surface area contributed by atoms with E-state index in [-0.39, 0.29) is 0 Å². The molecule has 3 heterocycles. The average molecular weight is 366 g/mol. The van der Waals surface area contributed by atoms with Crippen LogP contribution in [0.1, 0.15) is 28.3 Å². The zero-order valence-corrected chi connectivity index (χ0v) is 16.3. The number of aromatic nitrogens is 4. The molecule has 0 aliphatic heterocycles. The predicted octanol–water partition coefficient (Wildman–Crippen LogP) is 5.12. The lowest BCUT2D eigenvalue weighted by molar-refractivity contribution is 0.975. The van der Waals surface area contributed by atoms with Gasteiger partial charge < -0.3 is 0 Å². The molecule has 0 amide bonds. The summed E-state index contributed by atoms with van der Waals surface area (Å²) in [6.07, 6.45) is 4.36. The highest BCUT2D eigenvalue weighted by atomic mass is 14.9. The maximum atomic E-state index is 4.80. The van der Waals surface area contributed by atoms with Crippen molar-refractivity contribution < 1.29 is 0 Å². The van der Waals surface area contributed by atoms with E-state index >= 15 is 0 Å². The predicted molar refractivity (Wildman–Crippen MR) is 112 cm³/mol. The third-order valence-electron chi connectivity index (χ3n) is 4.59. The molecule has 28 heavy (non-hydrogen) atoms. The first-order valence-electron chi connectivity index (χ1n) is 9.36. The van der Waals surface area contributed by atoms with E-state index in [1.54, 1.807) is 0 Å². The van der Waals surface area contributed by atoms with Gasteiger partial charge in [0.1, 0.15) is 0 Å². The molecule has 0 aliphatic carbocycles. The van der Waals surface area contributed by atoms with Gasteiger partial charge >= 0.3 is 0 Å². The topological polar surface area (TPSA) is 51.6 Å². The van der Waals surface area contributed by atoms with Crippen LogP contribution in [0.25, 0.3) is 22.5 Å². The quantitative estimate of drug-likeness (QED) is 0.503. The van der Waals surface area contributed by atoms with Gasteiger partial charge in [0.05, 0.1) is 5.69 Å². The van der Waals surface area contributed by atoms with Crippen molar-refractivity contribution >= 4 is 0 Å². The van der Waals surface area contributed by atoms with Gasteiger partial charge in [-0.05, 0) is 68.3 Å².